The van der Waals surface area contributed by atoms with Gasteiger partial charge in [-0.1, -0.05) is 30.3 Å². The van der Waals surface area contributed by atoms with Crippen LogP contribution in [0.5, 0.6) is 0 Å². The minimum absolute atomic E-state index is 0.0534. The lowest BCUT2D eigenvalue weighted by Crippen LogP contribution is -2.48. The summed E-state index contributed by atoms with van der Waals surface area (Å²) >= 11 is 0. The molecular formula is C20H24N4O2. The van der Waals surface area contributed by atoms with Crippen molar-refractivity contribution in [3.8, 4) is 0 Å². The number of aryl methyl sites for hydroxylation is 1. The van der Waals surface area contributed by atoms with E-state index in [1.165, 1.54) is 5.56 Å². The molecule has 4 heterocycles. The molecule has 136 valence electrons. The number of amides is 1. The Morgan fingerprint density at radius 2 is 2.08 bits per heavy atom. The first-order chi connectivity index (χ1) is 12.8. The van der Waals surface area contributed by atoms with Crippen molar-refractivity contribution < 1.29 is 9.53 Å². The SMILES string of the molecule is O=C1C[C@H]2N(CCCn3cccn3)CC[C@]23OC[C@@H](c2ccccc2)N13. The number of rotatable bonds is 5. The number of aromatic nitrogens is 2. The van der Waals surface area contributed by atoms with Crippen LogP contribution in [0.3, 0.4) is 0 Å². The van der Waals surface area contributed by atoms with E-state index < -0.39 is 5.72 Å². The number of likely N-dealkylation sites (tertiary alicyclic amines) is 1. The first-order valence-corrected chi connectivity index (χ1v) is 9.50. The third-order valence-corrected chi connectivity index (χ3v) is 6.14. The van der Waals surface area contributed by atoms with Crippen molar-refractivity contribution in [2.24, 2.45) is 0 Å². The second-order valence-electron chi connectivity index (χ2n) is 7.47. The van der Waals surface area contributed by atoms with Gasteiger partial charge in [0.15, 0.2) is 5.72 Å². The van der Waals surface area contributed by atoms with E-state index in [0.29, 0.717) is 13.0 Å². The molecule has 0 unspecified atom stereocenters. The van der Waals surface area contributed by atoms with Crippen LogP contribution in [0.2, 0.25) is 0 Å². The lowest BCUT2D eigenvalue weighted by molar-refractivity contribution is -0.138. The van der Waals surface area contributed by atoms with E-state index in [1.54, 1.807) is 0 Å². The fraction of sp³-hybridized carbons (Fsp3) is 0.500. The zero-order chi connectivity index (χ0) is 17.6. The third-order valence-electron chi connectivity index (χ3n) is 6.14. The molecule has 0 bridgehead atoms. The number of carbonyl (C=O) groups is 1. The van der Waals surface area contributed by atoms with Crippen LogP contribution in [0.15, 0.2) is 48.8 Å². The van der Waals surface area contributed by atoms with E-state index in [2.05, 4.69) is 27.0 Å². The van der Waals surface area contributed by atoms with E-state index in [1.807, 2.05) is 41.3 Å². The molecule has 3 aliphatic rings. The largest absolute Gasteiger partial charge is 0.351 e. The molecule has 0 aliphatic carbocycles. The molecule has 0 N–H and O–H groups in total. The van der Waals surface area contributed by atoms with Gasteiger partial charge in [-0.15, -0.1) is 0 Å². The normalized spacial score (nSPS) is 30.8. The lowest BCUT2D eigenvalue weighted by atomic mass is 10.0. The Morgan fingerprint density at radius 1 is 1.19 bits per heavy atom. The maximum atomic E-state index is 12.9. The van der Waals surface area contributed by atoms with Gasteiger partial charge in [-0.2, -0.15) is 5.10 Å². The first kappa shape index (κ1) is 16.0. The molecule has 1 spiro atoms. The number of benzene rings is 1. The monoisotopic (exact) mass is 352 g/mol. The summed E-state index contributed by atoms with van der Waals surface area (Å²) in [4.78, 5) is 17.4. The van der Waals surface area contributed by atoms with Crippen LogP contribution >= 0.6 is 0 Å². The quantitative estimate of drug-likeness (QED) is 0.826. The standard InChI is InChI=1S/C20H24N4O2/c25-19-14-18-20(8-13-22(18)10-5-12-23-11-4-9-21-23)24(19)17(15-26-20)16-6-2-1-3-7-16/h1-4,6-7,9,11,17-18H,5,8,10,12-15H2/t17-,18+,20-/m0/s1. The van der Waals surface area contributed by atoms with Crippen LogP contribution in [0.4, 0.5) is 0 Å². The maximum absolute atomic E-state index is 12.9. The van der Waals surface area contributed by atoms with Crippen molar-refractivity contribution in [3.05, 3.63) is 54.4 Å². The van der Waals surface area contributed by atoms with Gasteiger partial charge < -0.3 is 9.64 Å². The van der Waals surface area contributed by atoms with Crippen LogP contribution in [0.1, 0.15) is 30.9 Å². The van der Waals surface area contributed by atoms with E-state index >= 15 is 0 Å². The fourth-order valence-corrected chi connectivity index (χ4v) is 4.99. The second kappa shape index (κ2) is 6.21. The van der Waals surface area contributed by atoms with Gasteiger partial charge in [0.05, 0.1) is 18.7 Å². The molecule has 6 nitrogen and oxygen atoms in total. The summed E-state index contributed by atoms with van der Waals surface area (Å²) in [6.45, 7) is 3.49. The van der Waals surface area contributed by atoms with E-state index in [0.717, 1.165) is 32.5 Å². The van der Waals surface area contributed by atoms with Gasteiger partial charge in [0.1, 0.15) is 0 Å². The van der Waals surface area contributed by atoms with Crippen LogP contribution in [-0.2, 0) is 16.1 Å². The number of hydrogen-bond donors (Lipinski definition) is 0. The van der Waals surface area contributed by atoms with Crippen molar-refractivity contribution in [2.75, 3.05) is 19.7 Å². The molecule has 0 radical (unpaired) electrons. The minimum Gasteiger partial charge on any atom is -0.351 e. The Morgan fingerprint density at radius 3 is 2.88 bits per heavy atom. The van der Waals surface area contributed by atoms with Gasteiger partial charge in [-0.25, -0.2) is 0 Å². The molecule has 0 saturated carbocycles. The molecule has 3 atom stereocenters. The zero-order valence-electron chi connectivity index (χ0n) is 14.8. The highest BCUT2D eigenvalue weighted by Gasteiger charge is 2.64. The molecule has 3 fully saturated rings. The Kier molecular flexibility index (Phi) is 3.83. The van der Waals surface area contributed by atoms with Crippen LogP contribution in [-0.4, -0.2) is 57.0 Å². The number of nitrogens with zero attached hydrogens (tertiary/aromatic N) is 4. The van der Waals surface area contributed by atoms with Gasteiger partial charge in [-0.3, -0.25) is 14.4 Å². The van der Waals surface area contributed by atoms with Crippen LogP contribution in [0, 0.1) is 0 Å². The lowest BCUT2D eigenvalue weighted by Gasteiger charge is -2.33. The van der Waals surface area contributed by atoms with E-state index in [4.69, 9.17) is 4.74 Å². The topological polar surface area (TPSA) is 50.6 Å². The molecule has 2 aromatic rings. The summed E-state index contributed by atoms with van der Waals surface area (Å²) in [5, 5.41) is 4.27. The fourth-order valence-electron chi connectivity index (χ4n) is 4.99. The van der Waals surface area contributed by atoms with Crippen LogP contribution < -0.4 is 0 Å². The Bertz CT molecular complexity index is 778. The zero-order valence-corrected chi connectivity index (χ0v) is 14.8. The number of hydrogen-bond acceptors (Lipinski definition) is 4. The molecule has 3 aliphatic heterocycles. The summed E-state index contributed by atoms with van der Waals surface area (Å²) in [5.41, 5.74) is 0.763. The predicted octanol–water partition coefficient (Wildman–Crippen LogP) is 2.05. The third kappa shape index (κ3) is 2.40. The summed E-state index contributed by atoms with van der Waals surface area (Å²) < 4.78 is 8.32. The smallest absolute Gasteiger partial charge is 0.227 e. The van der Waals surface area contributed by atoms with E-state index in [9.17, 15) is 4.79 Å². The van der Waals surface area contributed by atoms with Crippen molar-refractivity contribution in [2.45, 2.75) is 43.6 Å². The number of carbonyl (C=O) groups excluding carboxylic acids is 1. The highest BCUT2D eigenvalue weighted by molar-refractivity contribution is 5.82. The highest BCUT2D eigenvalue weighted by Crippen LogP contribution is 2.51. The molecule has 1 aromatic carbocycles. The van der Waals surface area contributed by atoms with Crippen molar-refractivity contribution in [1.29, 1.82) is 0 Å². The van der Waals surface area contributed by atoms with Gasteiger partial charge in [0.2, 0.25) is 5.91 Å². The molecule has 1 aromatic heterocycles. The maximum Gasteiger partial charge on any atom is 0.227 e. The Hall–Kier alpha value is -2.18. The minimum atomic E-state index is -0.413. The number of ether oxygens (including phenoxy) is 1. The van der Waals surface area contributed by atoms with Gasteiger partial charge in [0.25, 0.3) is 0 Å². The van der Waals surface area contributed by atoms with Gasteiger partial charge in [0, 0.05) is 44.9 Å². The van der Waals surface area contributed by atoms with Crippen LogP contribution in [0.25, 0.3) is 0 Å². The van der Waals surface area contributed by atoms with Crippen molar-refractivity contribution >= 4 is 5.91 Å². The summed E-state index contributed by atoms with van der Waals surface area (Å²) in [6.07, 6.45) is 6.33. The second-order valence-corrected chi connectivity index (χ2v) is 7.47. The molecule has 1 amide bonds. The molecule has 5 rings (SSSR count). The highest BCUT2D eigenvalue weighted by atomic mass is 16.5. The average Bonchev–Trinajstić information content (AvgIpc) is 3.41. The summed E-state index contributed by atoms with van der Waals surface area (Å²) in [5.74, 6) is 0.234. The Labute approximate surface area is 153 Å². The summed E-state index contributed by atoms with van der Waals surface area (Å²) in [7, 11) is 0. The van der Waals surface area contributed by atoms with Gasteiger partial charge in [-0.05, 0) is 18.1 Å². The predicted molar refractivity (Wildman–Crippen MR) is 96.2 cm³/mol. The molecule has 6 heteroatoms. The molecule has 3 saturated heterocycles. The Balaban J connectivity index is 1.31. The van der Waals surface area contributed by atoms with Gasteiger partial charge >= 0.3 is 0 Å². The first-order valence-electron chi connectivity index (χ1n) is 9.50. The molecule has 26 heavy (non-hydrogen) atoms. The molecular weight excluding hydrogens is 328 g/mol. The van der Waals surface area contributed by atoms with Crippen molar-refractivity contribution in [3.63, 3.8) is 0 Å². The average molecular weight is 352 g/mol. The summed E-state index contributed by atoms with van der Waals surface area (Å²) in [6, 6.07) is 12.5. The van der Waals surface area contributed by atoms with Crippen molar-refractivity contribution in [1.82, 2.24) is 19.6 Å². The van der Waals surface area contributed by atoms with E-state index in [-0.39, 0.29) is 18.0 Å².